The highest BCUT2D eigenvalue weighted by atomic mass is 15.4. The Balaban J connectivity index is 2.32. The molecule has 0 aliphatic rings. The highest BCUT2D eigenvalue weighted by molar-refractivity contribution is 4.16. The Bertz CT molecular complexity index is 8.75. The van der Waals surface area contributed by atoms with Crippen LogP contribution >= 0.6 is 0 Å². The third-order valence-corrected chi connectivity index (χ3v) is 0. The van der Waals surface area contributed by atoms with Crippen molar-refractivity contribution in [2.45, 2.75) is 0 Å². The molecule has 0 bridgehead atoms. The van der Waals surface area contributed by atoms with Crippen LogP contribution in [0.4, 0.5) is 0 Å². The number of rotatable bonds is 0. The Kier molecular flexibility index (Phi) is 1.24. The smallest absolute Gasteiger partial charge is 0.0609 e. The van der Waals surface area contributed by atoms with E-state index in [0.29, 0.717) is 0 Å². The normalized spacial score (nSPS) is 9.00. The van der Waals surface area contributed by atoms with Gasteiger partial charge >= 0.3 is 0 Å². The molecule has 0 aliphatic carbocycles. The lowest BCUT2D eigenvalue weighted by Crippen LogP contribution is -2.16. The molecule has 0 amide bonds. The predicted octanol–water partition coefficient (Wildman–Crippen LogP) is -0.540. The molecule has 0 aliphatic heterocycles. The molecule has 0 atom stereocenters. The van der Waals surface area contributed by atoms with E-state index in [1.165, 1.54) is 0 Å². The van der Waals surface area contributed by atoms with Crippen molar-refractivity contribution in [1.29, 1.82) is 0 Å². The maximum Gasteiger partial charge on any atom is 0.0609 e. The summed E-state index contributed by atoms with van der Waals surface area (Å²) in [4.78, 5) is 0. The third kappa shape index (κ3) is 254. The Morgan fingerprint density at radius 1 is 2.00 bits per heavy atom. The highest BCUT2D eigenvalue weighted by Crippen LogP contribution is 1.44. The summed E-state index contributed by atoms with van der Waals surface area (Å²) in [5.74, 6) is 4.72. The van der Waals surface area contributed by atoms with Gasteiger partial charge in [-0.2, -0.15) is 0 Å². The standard InChI is InChI=1S/C2H6N2/c1-4(2)3/h1H,3H2,2H3. The molecular formula is C2H6N2. The summed E-state index contributed by atoms with van der Waals surface area (Å²) in [6.07, 6.45) is 0. The average molecular weight is 58.1 g/mol. The van der Waals surface area contributed by atoms with Gasteiger partial charge in [0.05, 0.1) is 7.05 Å². The van der Waals surface area contributed by atoms with Gasteiger partial charge in [-0.05, 0) is 0 Å². The molecule has 0 rings (SSSR count). The molecule has 2 heteroatoms. The van der Waals surface area contributed by atoms with Gasteiger partial charge in [0.25, 0.3) is 0 Å². The first-order valence-corrected chi connectivity index (χ1v) is 0.964. The first kappa shape index (κ1) is 3.92. The van der Waals surface area contributed by atoms with E-state index in [-0.39, 0.29) is 0 Å². The quantitative estimate of drug-likeness (QED) is 0.230. The second kappa shape index (κ2) is 1.26. The summed E-state index contributed by atoms with van der Waals surface area (Å²) in [7, 11) is 6.28. The molecule has 0 spiro atoms. The molecule has 2 radical (unpaired) electrons. The summed E-state index contributed by atoms with van der Waals surface area (Å²) in [6, 6.07) is 0. The molecule has 0 heterocycles. The second-order valence-electron chi connectivity index (χ2n) is 0.665. The molecule has 0 saturated carbocycles. The van der Waals surface area contributed by atoms with Crippen LogP contribution in [0.5, 0.6) is 0 Å². The van der Waals surface area contributed by atoms with Gasteiger partial charge in [-0.3, -0.25) is 5.84 Å². The second-order valence-corrected chi connectivity index (χ2v) is 0.665. The lowest BCUT2D eigenvalue weighted by molar-refractivity contribution is 0.478. The van der Waals surface area contributed by atoms with Crippen LogP contribution in [-0.4, -0.2) is 12.1 Å². The van der Waals surface area contributed by atoms with Crippen LogP contribution in [0.25, 0.3) is 0 Å². The van der Waals surface area contributed by atoms with Crippen molar-refractivity contribution in [1.82, 2.24) is 5.01 Å². The largest absolute Gasteiger partial charge is 0.269 e. The summed E-state index contributed by atoms with van der Waals surface area (Å²) in [5, 5.41) is 1.00. The predicted molar refractivity (Wildman–Crippen MR) is 16.3 cm³/mol. The first-order chi connectivity index (χ1) is 1.73. The van der Waals surface area contributed by atoms with Gasteiger partial charge in [0.2, 0.25) is 0 Å². The maximum atomic E-state index is 4.72. The Morgan fingerprint density at radius 2 is 2.00 bits per heavy atom. The SMILES string of the molecule is [CH]N(C)N. The van der Waals surface area contributed by atoms with Crippen LogP contribution in [0.1, 0.15) is 0 Å². The van der Waals surface area contributed by atoms with Gasteiger partial charge < -0.3 is 0 Å². The minimum Gasteiger partial charge on any atom is -0.269 e. The summed E-state index contributed by atoms with van der Waals surface area (Å²) < 4.78 is 0. The molecule has 2 nitrogen and oxygen atoms in total. The van der Waals surface area contributed by atoms with Crippen LogP contribution in [0.15, 0.2) is 0 Å². The van der Waals surface area contributed by atoms with Crippen LogP contribution in [0.2, 0.25) is 0 Å². The van der Waals surface area contributed by atoms with Crippen molar-refractivity contribution < 1.29 is 0 Å². The van der Waals surface area contributed by atoms with E-state index in [1.807, 2.05) is 0 Å². The molecule has 2 N–H and O–H groups in total. The number of hydrogen-bond acceptors (Lipinski definition) is 2. The molecule has 0 aromatic carbocycles. The van der Waals surface area contributed by atoms with E-state index in [4.69, 9.17) is 12.9 Å². The topological polar surface area (TPSA) is 29.3 Å². The van der Waals surface area contributed by atoms with Gasteiger partial charge in [-0.15, -0.1) is 0 Å². The minimum absolute atomic E-state index is 1.00. The van der Waals surface area contributed by atoms with Gasteiger partial charge in [-0.1, -0.05) is 0 Å². The van der Waals surface area contributed by atoms with Gasteiger partial charge in [0, 0.05) is 7.05 Å². The van der Waals surface area contributed by atoms with Gasteiger partial charge in [0.15, 0.2) is 0 Å². The minimum atomic E-state index is 1.00. The van der Waals surface area contributed by atoms with E-state index in [0.717, 1.165) is 5.01 Å². The molecular weight excluding hydrogens is 52.0 g/mol. The maximum absolute atomic E-state index is 4.72. The van der Waals surface area contributed by atoms with E-state index in [1.54, 1.807) is 7.05 Å². The summed E-state index contributed by atoms with van der Waals surface area (Å²) in [6.45, 7) is 0. The van der Waals surface area contributed by atoms with E-state index in [9.17, 15) is 0 Å². The van der Waals surface area contributed by atoms with Crippen LogP contribution in [0, 0.1) is 7.05 Å². The van der Waals surface area contributed by atoms with Crippen molar-refractivity contribution >= 4 is 0 Å². The molecule has 4 heavy (non-hydrogen) atoms. The van der Waals surface area contributed by atoms with E-state index < -0.39 is 0 Å². The summed E-state index contributed by atoms with van der Waals surface area (Å²) in [5.41, 5.74) is 0. The zero-order valence-electron chi connectivity index (χ0n) is 2.60. The number of nitrogens with zero attached hydrogens (tertiary/aromatic N) is 1. The first-order valence-electron chi connectivity index (χ1n) is 0.964. The third-order valence-electron chi connectivity index (χ3n) is 0. The van der Waals surface area contributed by atoms with Crippen molar-refractivity contribution in [3.63, 3.8) is 0 Å². The Morgan fingerprint density at radius 3 is 2.00 bits per heavy atom. The molecule has 0 unspecified atom stereocenters. The van der Waals surface area contributed by atoms with Crippen molar-refractivity contribution in [2.24, 2.45) is 5.84 Å². The fourth-order valence-electron chi connectivity index (χ4n) is 0. The number of nitrogens with two attached hydrogens (primary N) is 1. The van der Waals surface area contributed by atoms with E-state index >= 15 is 0 Å². The molecule has 0 fully saturated rings. The molecule has 0 aromatic rings. The monoisotopic (exact) mass is 58.1 g/mol. The Labute approximate surface area is 26.2 Å². The molecule has 24 valence electrons. The summed E-state index contributed by atoms with van der Waals surface area (Å²) >= 11 is 0. The van der Waals surface area contributed by atoms with Gasteiger partial charge in [-0.25, -0.2) is 5.01 Å². The lowest BCUT2D eigenvalue weighted by atomic mass is 11.2. The molecule has 0 aromatic heterocycles. The number of hydrazine groups is 1. The van der Waals surface area contributed by atoms with E-state index in [2.05, 4.69) is 0 Å². The fourth-order valence-corrected chi connectivity index (χ4v) is 0. The Hall–Kier alpha value is -0.0800. The zero-order chi connectivity index (χ0) is 3.58. The van der Waals surface area contributed by atoms with Crippen molar-refractivity contribution in [2.75, 3.05) is 7.05 Å². The zero-order valence-corrected chi connectivity index (χ0v) is 2.60. The van der Waals surface area contributed by atoms with Crippen LogP contribution < -0.4 is 5.84 Å². The van der Waals surface area contributed by atoms with Crippen LogP contribution in [0.3, 0.4) is 0 Å². The van der Waals surface area contributed by atoms with Crippen LogP contribution in [-0.2, 0) is 0 Å². The lowest BCUT2D eigenvalue weighted by Gasteiger charge is -1.90. The number of hydrogen-bond donors (Lipinski definition) is 1. The average Bonchev–Trinajstić information content (AvgIpc) is 0.811. The fraction of sp³-hybridized carbons (Fsp3) is 0.500. The van der Waals surface area contributed by atoms with Crippen molar-refractivity contribution in [3.05, 3.63) is 7.05 Å². The highest BCUT2D eigenvalue weighted by Gasteiger charge is 1.59. The molecule has 0 saturated heterocycles. The van der Waals surface area contributed by atoms with Gasteiger partial charge in [0.1, 0.15) is 0 Å². The van der Waals surface area contributed by atoms with Crippen molar-refractivity contribution in [3.8, 4) is 0 Å².